The van der Waals surface area contributed by atoms with Gasteiger partial charge in [0, 0.05) is 6.42 Å². The number of carbonyl (C=O) groups excluding carboxylic acids is 1. The first-order chi connectivity index (χ1) is 6.16. The monoisotopic (exact) mass is 190 g/mol. The number of aliphatic hydroxyl groups excluding tert-OH is 2. The topological polar surface area (TPSA) is 85.2 Å². The van der Waals surface area contributed by atoms with Gasteiger partial charge in [0.25, 0.3) is 0 Å². The lowest BCUT2D eigenvalue weighted by atomic mass is 9.96. The minimum absolute atomic E-state index is 0.0669. The van der Waals surface area contributed by atoms with Crippen molar-refractivity contribution < 1.29 is 29.2 Å². The van der Waals surface area contributed by atoms with Crippen molar-refractivity contribution in [1.29, 1.82) is 0 Å². The Labute approximate surface area is 74.0 Å². The third kappa shape index (κ3) is 1.60. The number of hydrogen-bond acceptors (Lipinski definition) is 6. The summed E-state index contributed by atoms with van der Waals surface area (Å²) in [5.41, 5.74) is 0. The maximum absolute atomic E-state index is 10.6. The van der Waals surface area contributed by atoms with Crippen LogP contribution < -0.4 is 0 Å². The molecule has 13 heavy (non-hydrogen) atoms. The van der Waals surface area contributed by atoms with E-state index in [0.717, 1.165) is 0 Å². The molecule has 0 aromatic heterocycles. The summed E-state index contributed by atoms with van der Waals surface area (Å²) in [7, 11) is 0. The van der Waals surface area contributed by atoms with E-state index in [1.807, 2.05) is 0 Å². The summed E-state index contributed by atoms with van der Waals surface area (Å²) >= 11 is 0. The van der Waals surface area contributed by atoms with Crippen LogP contribution in [0.2, 0.25) is 0 Å². The highest BCUT2D eigenvalue weighted by Crippen LogP contribution is 2.28. The molecule has 4 atom stereocenters. The Bertz CT molecular complexity index is 217. The molecule has 2 aliphatic rings. The summed E-state index contributed by atoms with van der Waals surface area (Å²) in [5.74, 6) is -0.402. The van der Waals surface area contributed by atoms with Crippen LogP contribution in [0.3, 0.4) is 0 Å². The van der Waals surface area contributed by atoms with Crippen LogP contribution in [0.5, 0.6) is 0 Å². The van der Waals surface area contributed by atoms with Crippen LogP contribution in [0.1, 0.15) is 6.42 Å². The lowest BCUT2D eigenvalue weighted by Crippen LogP contribution is -2.51. The quantitative estimate of drug-likeness (QED) is 0.486. The molecule has 6 nitrogen and oxygen atoms in total. The molecule has 2 saturated heterocycles. The molecule has 2 rings (SSSR count). The van der Waals surface area contributed by atoms with E-state index in [0.29, 0.717) is 0 Å². The molecule has 2 heterocycles. The molecule has 2 N–H and O–H groups in total. The molecule has 0 aromatic rings. The van der Waals surface area contributed by atoms with Crippen LogP contribution in [0.25, 0.3) is 0 Å². The number of fused-ring (bicyclic) bond motifs is 1. The lowest BCUT2D eigenvalue weighted by Gasteiger charge is -2.38. The number of carbonyl (C=O) groups is 1. The van der Waals surface area contributed by atoms with Gasteiger partial charge in [0.2, 0.25) is 6.29 Å². The minimum Gasteiger partial charge on any atom is -0.434 e. The van der Waals surface area contributed by atoms with Crippen LogP contribution in [-0.2, 0) is 14.2 Å². The van der Waals surface area contributed by atoms with E-state index < -0.39 is 30.8 Å². The largest absolute Gasteiger partial charge is 0.510 e. The van der Waals surface area contributed by atoms with Crippen LogP contribution in [-0.4, -0.2) is 41.7 Å². The zero-order valence-electron chi connectivity index (χ0n) is 6.75. The fraction of sp³-hybridized carbons (Fsp3) is 0.857. The Hall–Kier alpha value is -0.850. The van der Waals surface area contributed by atoms with Gasteiger partial charge in [0.15, 0.2) is 6.29 Å². The minimum atomic E-state index is -1.08. The summed E-state index contributed by atoms with van der Waals surface area (Å²) in [6.45, 7) is 0.0669. The summed E-state index contributed by atoms with van der Waals surface area (Å²) in [5, 5.41) is 18.5. The first-order valence-electron chi connectivity index (χ1n) is 4.02. The number of aliphatic hydroxyl groups is 2. The van der Waals surface area contributed by atoms with E-state index in [4.69, 9.17) is 9.84 Å². The Balaban J connectivity index is 2.06. The molecule has 0 radical (unpaired) electrons. The molecule has 0 saturated carbocycles. The van der Waals surface area contributed by atoms with Crippen molar-refractivity contribution in [3.63, 3.8) is 0 Å². The van der Waals surface area contributed by atoms with Gasteiger partial charge in [-0.15, -0.1) is 0 Å². The average molecular weight is 190 g/mol. The fourth-order valence-electron chi connectivity index (χ4n) is 1.47. The molecule has 2 fully saturated rings. The summed E-state index contributed by atoms with van der Waals surface area (Å²) in [6.07, 6.45) is -3.45. The molecule has 6 heteroatoms. The highest BCUT2D eigenvalue weighted by atomic mass is 16.8. The Morgan fingerprint density at radius 3 is 2.92 bits per heavy atom. The molecule has 0 spiro atoms. The van der Waals surface area contributed by atoms with E-state index in [1.54, 1.807) is 0 Å². The molecule has 0 aliphatic carbocycles. The summed E-state index contributed by atoms with van der Waals surface area (Å²) in [4.78, 5) is 10.6. The van der Waals surface area contributed by atoms with Crippen LogP contribution in [0.15, 0.2) is 0 Å². The van der Waals surface area contributed by atoms with Crippen molar-refractivity contribution in [3.05, 3.63) is 0 Å². The molecular weight excluding hydrogens is 180 g/mol. The normalized spacial score (nSPS) is 44.6. The molecular formula is C7H10O6. The average Bonchev–Trinajstić information content (AvgIpc) is 2.02. The van der Waals surface area contributed by atoms with Gasteiger partial charge in [-0.2, -0.15) is 0 Å². The molecule has 0 aromatic carbocycles. The van der Waals surface area contributed by atoms with Gasteiger partial charge in [0.1, 0.15) is 6.61 Å². The number of hydrogen-bond donors (Lipinski definition) is 2. The zero-order chi connectivity index (χ0) is 9.42. The standard InChI is InChI=1S/C7H10O6/c8-4-1-5(9)12-6-3(4)2-11-7(10)13-6/h3-6,8-9H,1-2H2. The third-order valence-electron chi connectivity index (χ3n) is 2.18. The van der Waals surface area contributed by atoms with Crippen LogP contribution >= 0.6 is 0 Å². The first kappa shape index (κ1) is 8.74. The number of rotatable bonds is 0. The van der Waals surface area contributed by atoms with E-state index in [9.17, 15) is 9.90 Å². The van der Waals surface area contributed by atoms with Crippen molar-refractivity contribution in [1.82, 2.24) is 0 Å². The smallest absolute Gasteiger partial charge is 0.434 e. The lowest BCUT2D eigenvalue weighted by molar-refractivity contribution is -0.300. The zero-order valence-corrected chi connectivity index (χ0v) is 6.75. The second-order valence-electron chi connectivity index (χ2n) is 3.10. The number of cyclic esters (lactones) is 1. The van der Waals surface area contributed by atoms with Gasteiger partial charge in [0.05, 0.1) is 12.0 Å². The van der Waals surface area contributed by atoms with Gasteiger partial charge in [-0.25, -0.2) is 4.79 Å². The van der Waals surface area contributed by atoms with E-state index >= 15 is 0 Å². The summed E-state index contributed by atoms with van der Waals surface area (Å²) in [6, 6.07) is 0. The van der Waals surface area contributed by atoms with E-state index in [-0.39, 0.29) is 13.0 Å². The molecule has 0 amide bonds. The molecule has 0 bridgehead atoms. The maximum Gasteiger partial charge on any atom is 0.510 e. The fourth-order valence-corrected chi connectivity index (χ4v) is 1.47. The third-order valence-corrected chi connectivity index (χ3v) is 2.18. The highest BCUT2D eigenvalue weighted by molar-refractivity contribution is 5.60. The van der Waals surface area contributed by atoms with Crippen molar-refractivity contribution in [2.24, 2.45) is 5.92 Å². The maximum atomic E-state index is 10.6. The van der Waals surface area contributed by atoms with Crippen LogP contribution in [0, 0.1) is 5.92 Å². The number of ether oxygens (including phenoxy) is 3. The van der Waals surface area contributed by atoms with Gasteiger partial charge in [-0.3, -0.25) is 0 Å². The summed E-state index contributed by atoms with van der Waals surface area (Å²) < 4.78 is 14.1. The van der Waals surface area contributed by atoms with Crippen molar-refractivity contribution in [2.45, 2.75) is 25.1 Å². The van der Waals surface area contributed by atoms with Gasteiger partial charge >= 0.3 is 6.16 Å². The Morgan fingerprint density at radius 2 is 2.15 bits per heavy atom. The molecule has 74 valence electrons. The van der Waals surface area contributed by atoms with E-state index in [1.165, 1.54) is 0 Å². The van der Waals surface area contributed by atoms with Gasteiger partial charge in [-0.05, 0) is 0 Å². The first-order valence-corrected chi connectivity index (χ1v) is 4.02. The predicted molar refractivity (Wildman–Crippen MR) is 37.4 cm³/mol. The van der Waals surface area contributed by atoms with Crippen molar-refractivity contribution in [2.75, 3.05) is 6.61 Å². The second kappa shape index (κ2) is 3.13. The van der Waals surface area contributed by atoms with E-state index in [2.05, 4.69) is 9.47 Å². The van der Waals surface area contributed by atoms with Gasteiger partial charge < -0.3 is 24.4 Å². The molecule has 2 aliphatic heterocycles. The second-order valence-corrected chi connectivity index (χ2v) is 3.10. The highest BCUT2D eigenvalue weighted by Gasteiger charge is 2.43. The van der Waals surface area contributed by atoms with Gasteiger partial charge in [-0.1, -0.05) is 0 Å². The van der Waals surface area contributed by atoms with Crippen LogP contribution in [0.4, 0.5) is 4.79 Å². The van der Waals surface area contributed by atoms with Crippen molar-refractivity contribution >= 4 is 6.16 Å². The molecule has 4 unspecified atom stereocenters. The SMILES string of the molecule is O=C1OCC2C(O)CC(O)OC2O1. The Morgan fingerprint density at radius 1 is 1.38 bits per heavy atom. The Kier molecular flexibility index (Phi) is 2.10. The van der Waals surface area contributed by atoms with Crippen molar-refractivity contribution in [3.8, 4) is 0 Å². The predicted octanol–water partition coefficient (Wildman–Crippen LogP) is -0.805.